The molecular weight excluding hydrogens is 324 g/mol. The van der Waals surface area contributed by atoms with Crippen LogP contribution in [0.1, 0.15) is 0 Å². The van der Waals surface area contributed by atoms with Crippen molar-refractivity contribution in [3.63, 3.8) is 0 Å². The van der Waals surface area contributed by atoms with Crippen molar-refractivity contribution in [3.8, 4) is 0 Å². The summed E-state index contributed by atoms with van der Waals surface area (Å²) in [5, 5.41) is 30.6. The van der Waals surface area contributed by atoms with E-state index in [9.17, 15) is 0 Å². The van der Waals surface area contributed by atoms with Crippen LogP contribution in [0.4, 0.5) is 9.59 Å². The maximum absolute atomic E-state index is 8.89. The summed E-state index contributed by atoms with van der Waals surface area (Å²) in [4.78, 5) is 16.9. The molecule has 80 valence electrons. The van der Waals surface area contributed by atoms with Crippen molar-refractivity contribution in [3.05, 3.63) is 0 Å². The molecule has 0 bridgehead atoms. The van der Waals surface area contributed by atoms with E-state index in [4.69, 9.17) is 43.3 Å². The minimum atomic E-state index is -4.33. The Kier molecular flexibility index (Phi) is 68.4. The zero-order chi connectivity index (χ0) is 11.7. The summed E-state index contributed by atoms with van der Waals surface area (Å²) < 4.78 is 26.7. The molecule has 0 fully saturated rings. The summed E-state index contributed by atoms with van der Waals surface area (Å²) in [5.41, 5.74) is 0. The Labute approximate surface area is 190 Å². The number of carboxylic acid groups (broad SMARTS) is 4. The minimum Gasteiger partial charge on any atom is -0.780 e. The average molecular weight is 326 g/mol. The number of carbonyl (C=O) groups is 2. The molecule has 17 heavy (non-hydrogen) atoms. The zero-order valence-electron chi connectivity index (χ0n) is 9.57. The molecule has 2 N–H and O–H groups in total. The standard InChI is InChI=1S/2CH2O3.4Na.H2O3S2/c2*2-1(3)4;;;;;1-5(2,3)4/h2*(H2,2,3,4);;;;;(H2,1,2,3,4)/q;;4*+1;/p-4. The maximum atomic E-state index is 8.89. The van der Waals surface area contributed by atoms with Crippen molar-refractivity contribution in [2.24, 2.45) is 0 Å². The predicted octanol–water partition coefficient (Wildman–Crippen LogP) is -15.2. The van der Waals surface area contributed by atoms with Crippen molar-refractivity contribution in [1.29, 1.82) is 0 Å². The monoisotopic (exact) mass is 326 g/mol. The first-order valence-electron chi connectivity index (χ1n) is 1.93. The third-order valence-electron chi connectivity index (χ3n) is 0. The first-order valence-corrected chi connectivity index (χ1v) is 4.26. The van der Waals surface area contributed by atoms with Crippen LogP contribution in [0.15, 0.2) is 0 Å². The maximum Gasteiger partial charge on any atom is 1.00 e. The van der Waals surface area contributed by atoms with E-state index in [1.165, 1.54) is 0 Å². The van der Waals surface area contributed by atoms with E-state index in [1.54, 1.807) is 0 Å². The van der Waals surface area contributed by atoms with Crippen LogP contribution >= 0.6 is 0 Å². The molecule has 0 aliphatic carbocycles. The van der Waals surface area contributed by atoms with Crippen LogP contribution in [0.2, 0.25) is 0 Å². The Bertz CT molecular complexity index is 224. The van der Waals surface area contributed by atoms with Gasteiger partial charge in [0, 0.05) is 0 Å². The Morgan fingerprint density at radius 2 is 0.882 bits per heavy atom. The van der Waals surface area contributed by atoms with Crippen molar-refractivity contribution < 1.29 is 162 Å². The quantitative estimate of drug-likeness (QED) is 0.405. The molecule has 0 amide bonds. The average Bonchev–Trinajstić information content (AvgIpc) is 1.50. The van der Waals surface area contributed by atoms with E-state index in [0.717, 1.165) is 0 Å². The van der Waals surface area contributed by atoms with Gasteiger partial charge in [-0.3, -0.25) is 4.21 Å². The van der Waals surface area contributed by atoms with Crippen LogP contribution in [0.3, 0.4) is 0 Å². The van der Waals surface area contributed by atoms with Gasteiger partial charge in [0.1, 0.15) is 0 Å². The predicted molar refractivity (Wildman–Crippen MR) is 33.1 cm³/mol. The fourth-order valence-electron chi connectivity index (χ4n) is 0. The Hall–Kier alpha value is 2.83. The molecule has 0 heterocycles. The van der Waals surface area contributed by atoms with Gasteiger partial charge in [-0.25, -0.2) is 0 Å². The largest absolute Gasteiger partial charge is 1.00 e. The van der Waals surface area contributed by atoms with Gasteiger partial charge in [-0.15, -0.1) is 9.05 Å². The third kappa shape index (κ3) is 666. The van der Waals surface area contributed by atoms with Gasteiger partial charge in [-0.05, 0) is 11.2 Å². The van der Waals surface area contributed by atoms with Crippen molar-refractivity contribution in [2.75, 3.05) is 0 Å². The van der Waals surface area contributed by atoms with Gasteiger partial charge in [0.15, 0.2) is 0 Å². The smallest absolute Gasteiger partial charge is 0.780 e. The molecular formula is C2H2Na4O9S2. The van der Waals surface area contributed by atoms with Crippen molar-refractivity contribution in [1.82, 2.24) is 0 Å². The Morgan fingerprint density at radius 3 is 0.882 bits per heavy atom. The fraction of sp³-hybridized carbons (Fsp3) is 0. The van der Waals surface area contributed by atoms with Crippen LogP contribution in [0.5, 0.6) is 0 Å². The molecule has 9 nitrogen and oxygen atoms in total. The van der Waals surface area contributed by atoms with Crippen LogP contribution in [-0.2, 0) is 20.2 Å². The summed E-state index contributed by atoms with van der Waals surface area (Å²) in [6.07, 6.45) is -4.17. The summed E-state index contributed by atoms with van der Waals surface area (Å²) in [5.74, 6) is 0. The summed E-state index contributed by atoms with van der Waals surface area (Å²) >= 11 is 3.24. The Morgan fingerprint density at radius 1 is 0.882 bits per heavy atom. The summed E-state index contributed by atoms with van der Waals surface area (Å²) in [7, 11) is -4.33. The molecule has 0 aliphatic heterocycles. The first kappa shape index (κ1) is 42.7. The normalized spacial score (nSPS) is 6.24. The van der Waals surface area contributed by atoms with Gasteiger partial charge in [-0.2, -0.15) is 0 Å². The third-order valence-corrected chi connectivity index (χ3v) is 0. The summed E-state index contributed by atoms with van der Waals surface area (Å²) in [6, 6.07) is 0. The topological polar surface area (TPSA) is 184 Å². The van der Waals surface area contributed by atoms with Crippen molar-refractivity contribution >= 4 is 32.6 Å². The van der Waals surface area contributed by atoms with E-state index in [1.807, 2.05) is 0 Å². The number of rotatable bonds is 0. The molecule has 15 heteroatoms. The molecule has 0 aromatic heterocycles. The zero-order valence-corrected chi connectivity index (χ0v) is 19.2. The molecule has 0 aromatic carbocycles. The van der Waals surface area contributed by atoms with E-state index >= 15 is 0 Å². The van der Waals surface area contributed by atoms with Gasteiger partial charge in [0.25, 0.3) is 0 Å². The van der Waals surface area contributed by atoms with E-state index < -0.39 is 21.4 Å². The second kappa shape index (κ2) is 27.2. The van der Waals surface area contributed by atoms with Gasteiger partial charge in [0.05, 0.1) is 0 Å². The van der Waals surface area contributed by atoms with Gasteiger partial charge < -0.3 is 39.1 Å². The Balaban J connectivity index is -0.0000000159. The molecule has 0 saturated carbocycles. The van der Waals surface area contributed by atoms with Gasteiger partial charge >= 0.3 is 118 Å². The van der Waals surface area contributed by atoms with Crippen molar-refractivity contribution in [2.45, 2.75) is 0 Å². The number of hydrogen-bond acceptors (Lipinski definition) is 8. The molecule has 0 radical (unpaired) electrons. The fourth-order valence-corrected chi connectivity index (χ4v) is 0. The number of hydrogen-bond donors (Lipinski definition) is 2. The van der Waals surface area contributed by atoms with E-state index in [-0.39, 0.29) is 118 Å². The SMILES string of the molecule is O=C([O-])O.O=C([O-])O.O=S([O-])([O-])=S.[Na+].[Na+].[Na+].[Na+]. The van der Waals surface area contributed by atoms with Crippen LogP contribution in [0.25, 0.3) is 0 Å². The molecule has 0 spiro atoms. The minimum absolute atomic E-state index is 0. The van der Waals surface area contributed by atoms with Crippen LogP contribution < -0.4 is 128 Å². The molecule has 0 aliphatic rings. The molecule has 0 rings (SSSR count). The molecule has 0 saturated heterocycles. The first-order chi connectivity index (χ1) is 5.46. The van der Waals surface area contributed by atoms with Crippen LogP contribution in [0, 0.1) is 0 Å². The van der Waals surface area contributed by atoms with Gasteiger partial charge in [-0.1, -0.05) is 0 Å². The molecule has 0 unspecified atom stereocenters. The van der Waals surface area contributed by atoms with Crippen LogP contribution in [-0.4, -0.2) is 35.8 Å². The van der Waals surface area contributed by atoms with Gasteiger partial charge in [0.2, 0.25) is 12.3 Å². The second-order valence-corrected chi connectivity index (χ2v) is 2.98. The molecule has 0 aromatic rings. The summed E-state index contributed by atoms with van der Waals surface area (Å²) in [6.45, 7) is 0. The second-order valence-electron chi connectivity index (χ2n) is 0.940. The van der Waals surface area contributed by atoms with E-state index in [0.29, 0.717) is 0 Å². The molecule has 0 atom stereocenters. The van der Waals surface area contributed by atoms with E-state index in [2.05, 4.69) is 11.2 Å².